The third-order valence-electron chi connectivity index (χ3n) is 7.89. The highest BCUT2D eigenvalue weighted by atomic mass is 19.1. The van der Waals surface area contributed by atoms with Crippen molar-refractivity contribution in [1.82, 2.24) is 9.55 Å². The first-order valence-electron chi connectivity index (χ1n) is 13.5. The van der Waals surface area contributed by atoms with Crippen molar-refractivity contribution in [3.05, 3.63) is 57.8 Å². The number of nitrogens with one attached hydrogen (secondary N) is 1. The average molecular weight is 531 g/mol. The second-order valence-electron chi connectivity index (χ2n) is 10.3. The summed E-state index contributed by atoms with van der Waals surface area (Å²) < 4.78 is 19.4. The molecule has 0 aliphatic heterocycles. The van der Waals surface area contributed by atoms with Gasteiger partial charge in [-0.25, -0.2) is 9.37 Å². The molecule has 0 radical (unpaired) electrons. The molecule has 0 atom stereocenters. The predicted octanol–water partition coefficient (Wildman–Crippen LogP) is 5.49. The van der Waals surface area contributed by atoms with E-state index >= 15 is 0 Å². The fourth-order valence-electron chi connectivity index (χ4n) is 5.31. The van der Waals surface area contributed by atoms with Crippen LogP contribution in [0.15, 0.2) is 35.1 Å². The Labute approximate surface area is 228 Å². The fraction of sp³-hybridized carbons (Fsp3) is 0.467. The summed E-state index contributed by atoms with van der Waals surface area (Å²) in [7, 11) is 5.11. The molecular formula is C30H35FN6O2. The molecule has 0 saturated heterocycles. The van der Waals surface area contributed by atoms with Crippen LogP contribution in [0, 0.1) is 34.4 Å². The normalized spacial score (nSPS) is 15.3. The summed E-state index contributed by atoms with van der Waals surface area (Å²) >= 11 is 0. The number of methoxy groups -OCH3 is 1. The molecule has 1 N–H and O–H groups in total. The maximum absolute atomic E-state index is 12.9. The van der Waals surface area contributed by atoms with E-state index in [2.05, 4.69) is 16.4 Å². The van der Waals surface area contributed by atoms with Crippen LogP contribution in [0.1, 0.15) is 62.6 Å². The number of nitrogens with zero attached hydrogens (tertiary/aromatic N) is 5. The zero-order valence-corrected chi connectivity index (χ0v) is 22.8. The number of nitriles is 2. The van der Waals surface area contributed by atoms with E-state index < -0.39 is 0 Å². The Kier molecular flexibility index (Phi) is 9.03. The Hall–Kier alpha value is -4.11. The second-order valence-corrected chi connectivity index (χ2v) is 10.3. The molecule has 9 heteroatoms. The molecule has 5 rings (SSSR count). The van der Waals surface area contributed by atoms with E-state index in [0.29, 0.717) is 22.5 Å². The first-order chi connectivity index (χ1) is 18.9. The number of halogens is 1. The topological polar surface area (TPSA) is 107 Å². The zero-order valence-electron chi connectivity index (χ0n) is 22.8. The van der Waals surface area contributed by atoms with Gasteiger partial charge in [-0.15, -0.1) is 0 Å². The highest BCUT2D eigenvalue weighted by Crippen LogP contribution is 2.32. The lowest BCUT2D eigenvalue weighted by atomic mass is 9.85. The Bertz CT molecular complexity index is 1460. The van der Waals surface area contributed by atoms with E-state index in [4.69, 9.17) is 10.00 Å². The van der Waals surface area contributed by atoms with Crippen molar-refractivity contribution in [1.29, 1.82) is 10.5 Å². The molecule has 39 heavy (non-hydrogen) atoms. The molecular weight excluding hydrogens is 495 g/mol. The largest absolute Gasteiger partial charge is 0.494 e. The molecule has 1 aromatic carbocycles. The zero-order chi connectivity index (χ0) is 27.9. The van der Waals surface area contributed by atoms with Gasteiger partial charge in [-0.05, 0) is 55.9 Å². The predicted molar refractivity (Wildman–Crippen MR) is 150 cm³/mol. The standard InChI is InChI=1S/C18H19N5O.C12H16FNO/c1-22(13-6-4-3-5-7-13)17-14(11-20)18(24)23(2)15-9-8-12(10-19)21-16(15)17;1-15-12-7-10(13)5-6-11(12)14-8-9-3-2-4-9/h8-9,13H,3-7H2,1-2H3;5-7,9,14H,2-4,8H2,1H3. The van der Waals surface area contributed by atoms with Crippen LogP contribution in [0.25, 0.3) is 11.0 Å². The Balaban J connectivity index is 0.000000202. The summed E-state index contributed by atoms with van der Waals surface area (Å²) in [5, 5.41) is 22.0. The smallest absolute Gasteiger partial charge is 0.270 e. The van der Waals surface area contributed by atoms with Gasteiger partial charge in [-0.1, -0.05) is 25.7 Å². The number of fused-ring (bicyclic) bond motifs is 1. The number of aryl methyl sites for hydroxylation is 1. The van der Waals surface area contributed by atoms with Gasteiger partial charge in [0.15, 0.2) is 0 Å². The minimum absolute atomic E-state index is 0.0978. The quantitative estimate of drug-likeness (QED) is 0.449. The first-order valence-corrected chi connectivity index (χ1v) is 13.5. The molecule has 2 saturated carbocycles. The van der Waals surface area contributed by atoms with Crippen molar-refractivity contribution >= 4 is 22.4 Å². The Morgan fingerprint density at radius 2 is 1.85 bits per heavy atom. The molecule has 2 aliphatic carbocycles. The number of pyridine rings is 2. The lowest BCUT2D eigenvalue weighted by molar-refractivity contribution is 0.332. The number of rotatable bonds is 6. The molecule has 0 amide bonds. The number of hydrogen-bond acceptors (Lipinski definition) is 7. The van der Waals surface area contributed by atoms with Gasteiger partial charge in [0, 0.05) is 32.7 Å². The Morgan fingerprint density at radius 3 is 2.46 bits per heavy atom. The maximum Gasteiger partial charge on any atom is 0.270 e. The van der Waals surface area contributed by atoms with E-state index in [9.17, 15) is 14.4 Å². The van der Waals surface area contributed by atoms with Crippen molar-refractivity contribution < 1.29 is 9.13 Å². The first kappa shape index (κ1) is 27.9. The van der Waals surface area contributed by atoms with Crippen LogP contribution in [0.5, 0.6) is 5.75 Å². The van der Waals surface area contributed by atoms with Gasteiger partial charge < -0.3 is 19.5 Å². The van der Waals surface area contributed by atoms with Crippen LogP contribution in [-0.4, -0.2) is 36.3 Å². The average Bonchev–Trinajstić information content (AvgIpc) is 2.94. The monoisotopic (exact) mass is 530 g/mol. The highest BCUT2D eigenvalue weighted by molar-refractivity contribution is 5.92. The summed E-state index contributed by atoms with van der Waals surface area (Å²) in [4.78, 5) is 19.0. The fourth-order valence-corrected chi connectivity index (χ4v) is 5.31. The third kappa shape index (κ3) is 6.15. The van der Waals surface area contributed by atoms with E-state index in [1.165, 1.54) is 42.4 Å². The summed E-state index contributed by atoms with van der Waals surface area (Å²) in [5.74, 6) is 1.09. The molecule has 0 unspecified atom stereocenters. The number of ether oxygens (including phenoxy) is 1. The minimum Gasteiger partial charge on any atom is -0.494 e. The molecule has 2 aromatic heterocycles. The van der Waals surface area contributed by atoms with Crippen LogP contribution >= 0.6 is 0 Å². The van der Waals surface area contributed by atoms with Gasteiger partial charge in [0.1, 0.15) is 40.5 Å². The third-order valence-corrected chi connectivity index (χ3v) is 7.89. The van der Waals surface area contributed by atoms with Crippen molar-refractivity contribution in [2.24, 2.45) is 13.0 Å². The number of benzene rings is 1. The van der Waals surface area contributed by atoms with Crippen molar-refractivity contribution in [2.75, 3.05) is 30.9 Å². The van der Waals surface area contributed by atoms with Gasteiger partial charge in [0.25, 0.3) is 5.56 Å². The summed E-state index contributed by atoms with van der Waals surface area (Å²) in [6.07, 6.45) is 9.54. The number of aromatic nitrogens is 2. The van der Waals surface area contributed by atoms with Gasteiger partial charge in [-0.2, -0.15) is 10.5 Å². The SMILES string of the molecule is CN(c1c(C#N)c(=O)n(C)c2ccc(C#N)nc12)C1CCCCC1.COc1cc(F)ccc1NCC1CCC1. The molecule has 2 fully saturated rings. The van der Waals surface area contributed by atoms with E-state index in [1.54, 1.807) is 32.4 Å². The molecule has 2 aliphatic rings. The molecule has 0 spiro atoms. The van der Waals surface area contributed by atoms with Gasteiger partial charge >= 0.3 is 0 Å². The van der Waals surface area contributed by atoms with E-state index in [-0.39, 0.29) is 28.7 Å². The van der Waals surface area contributed by atoms with E-state index in [1.807, 2.05) is 18.0 Å². The molecule has 3 aromatic rings. The van der Waals surface area contributed by atoms with Gasteiger partial charge in [-0.3, -0.25) is 4.79 Å². The molecule has 204 valence electrons. The van der Waals surface area contributed by atoms with Crippen molar-refractivity contribution in [3.8, 4) is 17.9 Å². The minimum atomic E-state index is -0.325. The highest BCUT2D eigenvalue weighted by Gasteiger charge is 2.26. The molecule has 0 bridgehead atoms. The summed E-state index contributed by atoms with van der Waals surface area (Å²) in [6.45, 7) is 0.960. The Morgan fingerprint density at radius 1 is 1.10 bits per heavy atom. The van der Waals surface area contributed by atoms with Gasteiger partial charge in [0.2, 0.25) is 0 Å². The molecule has 8 nitrogen and oxygen atoms in total. The number of anilines is 2. The van der Waals surface area contributed by atoms with E-state index in [0.717, 1.165) is 43.8 Å². The van der Waals surface area contributed by atoms with Gasteiger partial charge in [0.05, 0.1) is 24.0 Å². The second kappa shape index (κ2) is 12.6. The van der Waals surface area contributed by atoms with Crippen LogP contribution < -0.4 is 20.5 Å². The van der Waals surface area contributed by atoms with Crippen molar-refractivity contribution in [3.63, 3.8) is 0 Å². The van der Waals surface area contributed by atoms with Crippen LogP contribution in [0.3, 0.4) is 0 Å². The van der Waals surface area contributed by atoms with Crippen molar-refractivity contribution in [2.45, 2.75) is 57.4 Å². The maximum atomic E-state index is 12.9. The number of hydrogen-bond donors (Lipinski definition) is 1. The summed E-state index contributed by atoms with van der Waals surface area (Å²) in [6, 6.07) is 12.3. The lowest BCUT2D eigenvalue weighted by Gasteiger charge is -2.33. The van der Waals surface area contributed by atoms with Crippen LogP contribution in [0.4, 0.5) is 15.8 Å². The summed E-state index contributed by atoms with van der Waals surface area (Å²) in [5.41, 5.74) is 2.67. The van der Waals surface area contributed by atoms with Crippen LogP contribution in [0.2, 0.25) is 0 Å². The van der Waals surface area contributed by atoms with Crippen LogP contribution in [-0.2, 0) is 7.05 Å². The lowest BCUT2D eigenvalue weighted by Crippen LogP contribution is -2.36. The molecule has 2 heterocycles.